The topological polar surface area (TPSA) is 52.3 Å². The van der Waals surface area contributed by atoms with E-state index in [-0.39, 0.29) is 6.10 Å². The molecule has 0 aliphatic heterocycles. The second kappa shape index (κ2) is 8.51. The van der Waals surface area contributed by atoms with Gasteiger partial charge in [0.05, 0.1) is 0 Å². The normalized spacial score (nSPS) is 41.4. The van der Waals surface area contributed by atoms with Crippen LogP contribution in [-0.4, -0.2) is 12.2 Å². The summed E-state index contributed by atoms with van der Waals surface area (Å²) in [6.07, 6.45) is 17.7. The summed E-state index contributed by atoms with van der Waals surface area (Å²) in [4.78, 5) is 11.3. The van der Waals surface area contributed by atoms with E-state index >= 15 is 0 Å². The van der Waals surface area contributed by atoms with Gasteiger partial charge >= 0.3 is 6.09 Å². The molecule has 4 aliphatic rings. The Bertz CT molecular complexity index is 670. The molecule has 0 spiro atoms. The fourth-order valence-corrected chi connectivity index (χ4v) is 8.58. The molecule has 2 N–H and O–H groups in total. The van der Waals surface area contributed by atoms with E-state index < -0.39 is 6.09 Å². The highest BCUT2D eigenvalue weighted by atomic mass is 16.6. The van der Waals surface area contributed by atoms with Crippen LogP contribution >= 0.6 is 0 Å². The third-order valence-electron chi connectivity index (χ3n) is 10.2. The number of fused-ring (bicyclic) bond motifs is 5. The lowest BCUT2D eigenvalue weighted by molar-refractivity contribution is -0.0674. The van der Waals surface area contributed by atoms with E-state index in [1.165, 1.54) is 57.8 Å². The predicted octanol–water partition coefficient (Wildman–Crippen LogP) is 7.25. The Morgan fingerprint density at radius 3 is 2.67 bits per heavy atom. The first-order valence-electron chi connectivity index (χ1n) is 12.9. The molecule has 1 amide bonds. The van der Waals surface area contributed by atoms with Crippen LogP contribution in [0, 0.1) is 40.4 Å². The zero-order valence-electron chi connectivity index (χ0n) is 19.9. The number of carbonyl (C=O) groups is 1. The minimum atomic E-state index is -0.613. The summed E-state index contributed by atoms with van der Waals surface area (Å²) in [6.45, 7) is 9.85. The molecule has 0 bridgehead atoms. The summed E-state index contributed by atoms with van der Waals surface area (Å²) in [5.74, 6) is 4.34. The maximum absolute atomic E-state index is 11.3. The molecule has 3 heteroatoms. The Labute approximate surface area is 184 Å². The van der Waals surface area contributed by atoms with E-state index in [0.717, 1.165) is 48.9 Å². The van der Waals surface area contributed by atoms with Crippen molar-refractivity contribution >= 4 is 6.09 Å². The Balaban J connectivity index is 1.50. The van der Waals surface area contributed by atoms with Gasteiger partial charge < -0.3 is 10.5 Å². The van der Waals surface area contributed by atoms with Crippen molar-refractivity contribution in [3.05, 3.63) is 11.6 Å². The van der Waals surface area contributed by atoms with Crippen LogP contribution in [0.2, 0.25) is 0 Å². The largest absolute Gasteiger partial charge is 0.446 e. The van der Waals surface area contributed by atoms with Crippen molar-refractivity contribution in [1.82, 2.24) is 0 Å². The second-order valence-electron chi connectivity index (χ2n) is 12.0. The third kappa shape index (κ3) is 3.84. The maximum atomic E-state index is 11.3. The molecule has 7 unspecified atom stereocenters. The summed E-state index contributed by atoms with van der Waals surface area (Å²) in [7, 11) is 0. The summed E-state index contributed by atoms with van der Waals surface area (Å²) in [5.41, 5.74) is 7.80. The standard InChI is InChI=1S/C27H45NO2/c1-18(2)7-5-8-19(3)27-14-6-9-24(27)22-11-10-20-17-21(30-25(28)29)12-15-26(20,4)23(22)13-16-27/h10,18-19,21-24H,5-9,11-17H2,1-4H3,(H2,28,29). The number of carbonyl (C=O) groups excluding carboxylic acids is 1. The molecule has 0 radical (unpaired) electrons. The summed E-state index contributed by atoms with van der Waals surface area (Å²) in [5, 5.41) is 0. The lowest BCUT2D eigenvalue weighted by Crippen LogP contribution is -2.51. The number of nitrogens with two attached hydrogens (primary N) is 1. The Kier molecular flexibility index (Phi) is 6.30. The Morgan fingerprint density at radius 2 is 1.93 bits per heavy atom. The molecule has 30 heavy (non-hydrogen) atoms. The molecule has 7 atom stereocenters. The molecule has 4 aliphatic carbocycles. The fourth-order valence-electron chi connectivity index (χ4n) is 8.58. The van der Waals surface area contributed by atoms with Gasteiger partial charge in [-0.2, -0.15) is 0 Å². The van der Waals surface area contributed by atoms with Crippen molar-refractivity contribution in [1.29, 1.82) is 0 Å². The zero-order valence-corrected chi connectivity index (χ0v) is 19.9. The molecule has 0 aromatic heterocycles. The van der Waals surface area contributed by atoms with Crippen LogP contribution in [0.4, 0.5) is 4.79 Å². The van der Waals surface area contributed by atoms with Crippen LogP contribution in [0.15, 0.2) is 11.6 Å². The van der Waals surface area contributed by atoms with Crippen LogP contribution in [0.5, 0.6) is 0 Å². The number of rotatable bonds is 6. The average Bonchev–Trinajstić information content (AvgIpc) is 3.13. The lowest BCUT2D eigenvalue weighted by Gasteiger charge is -2.59. The average molecular weight is 416 g/mol. The first-order chi connectivity index (χ1) is 14.3. The summed E-state index contributed by atoms with van der Waals surface area (Å²) < 4.78 is 5.39. The van der Waals surface area contributed by atoms with Crippen LogP contribution in [0.3, 0.4) is 0 Å². The third-order valence-corrected chi connectivity index (χ3v) is 10.2. The van der Waals surface area contributed by atoms with Gasteiger partial charge in [0.1, 0.15) is 6.10 Å². The lowest BCUT2D eigenvalue weighted by atomic mass is 9.46. The van der Waals surface area contributed by atoms with E-state index in [1.807, 2.05) is 0 Å². The van der Waals surface area contributed by atoms with Crippen molar-refractivity contribution in [3.63, 3.8) is 0 Å². The van der Waals surface area contributed by atoms with E-state index in [2.05, 4.69) is 33.8 Å². The quantitative estimate of drug-likeness (QED) is 0.465. The number of ether oxygens (including phenoxy) is 1. The van der Waals surface area contributed by atoms with Gasteiger partial charge in [-0.05, 0) is 85.4 Å². The van der Waals surface area contributed by atoms with Gasteiger partial charge in [0.2, 0.25) is 0 Å². The van der Waals surface area contributed by atoms with Gasteiger partial charge in [0.15, 0.2) is 0 Å². The first-order valence-corrected chi connectivity index (χ1v) is 12.9. The van der Waals surface area contributed by atoms with Crippen LogP contribution in [-0.2, 0) is 4.74 Å². The van der Waals surface area contributed by atoms with Crippen molar-refractivity contribution in [2.75, 3.05) is 0 Å². The van der Waals surface area contributed by atoms with E-state index in [4.69, 9.17) is 10.5 Å². The van der Waals surface area contributed by atoms with Crippen molar-refractivity contribution in [3.8, 4) is 0 Å². The number of amides is 1. The van der Waals surface area contributed by atoms with Gasteiger partial charge in [-0.3, -0.25) is 0 Å². The molecule has 3 nitrogen and oxygen atoms in total. The van der Waals surface area contributed by atoms with E-state index in [1.54, 1.807) is 5.57 Å². The number of primary amides is 1. The van der Waals surface area contributed by atoms with Crippen molar-refractivity contribution < 1.29 is 9.53 Å². The number of hydrogen-bond acceptors (Lipinski definition) is 2. The maximum Gasteiger partial charge on any atom is 0.404 e. The molecule has 0 heterocycles. The first kappa shape index (κ1) is 22.2. The highest BCUT2D eigenvalue weighted by Crippen LogP contribution is 2.67. The second-order valence-corrected chi connectivity index (χ2v) is 12.0. The number of hydrogen-bond donors (Lipinski definition) is 1. The molecule has 0 aromatic carbocycles. The molecule has 4 rings (SSSR count). The van der Waals surface area contributed by atoms with Crippen molar-refractivity contribution in [2.24, 2.45) is 46.2 Å². The Hall–Kier alpha value is -0.990. The van der Waals surface area contributed by atoms with Gasteiger partial charge in [0.25, 0.3) is 0 Å². The fraction of sp³-hybridized carbons (Fsp3) is 0.889. The zero-order chi connectivity index (χ0) is 21.5. The monoisotopic (exact) mass is 415 g/mol. The predicted molar refractivity (Wildman–Crippen MR) is 123 cm³/mol. The van der Waals surface area contributed by atoms with Gasteiger partial charge in [-0.1, -0.05) is 65.0 Å². The van der Waals surface area contributed by atoms with Crippen LogP contribution in [0.1, 0.15) is 105 Å². The molecular weight excluding hydrogens is 370 g/mol. The summed E-state index contributed by atoms with van der Waals surface area (Å²) >= 11 is 0. The molecule has 3 fully saturated rings. The highest BCUT2D eigenvalue weighted by molar-refractivity contribution is 5.64. The van der Waals surface area contributed by atoms with Gasteiger partial charge in [-0.15, -0.1) is 0 Å². The minimum absolute atomic E-state index is 0.00600. The SMILES string of the molecule is CC(C)CCCC(C)C12CCCC1C1CC=C3CC(OC(N)=O)CCC3(C)C1CC2. The number of allylic oxidation sites excluding steroid dienone is 1. The minimum Gasteiger partial charge on any atom is -0.446 e. The van der Waals surface area contributed by atoms with Crippen LogP contribution in [0.25, 0.3) is 0 Å². The van der Waals surface area contributed by atoms with E-state index in [0.29, 0.717) is 10.8 Å². The molecule has 170 valence electrons. The Morgan fingerprint density at radius 1 is 1.13 bits per heavy atom. The molecule has 0 aromatic rings. The van der Waals surface area contributed by atoms with Crippen molar-refractivity contribution in [2.45, 2.75) is 111 Å². The van der Waals surface area contributed by atoms with Crippen LogP contribution < -0.4 is 5.73 Å². The molecule has 0 saturated heterocycles. The highest BCUT2D eigenvalue weighted by Gasteiger charge is 2.58. The molecular formula is C27H45NO2. The molecule has 3 saturated carbocycles. The smallest absolute Gasteiger partial charge is 0.404 e. The van der Waals surface area contributed by atoms with E-state index in [9.17, 15) is 4.79 Å². The van der Waals surface area contributed by atoms with Gasteiger partial charge in [-0.25, -0.2) is 4.79 Å². The van der Waals surface area contributed by atoms with Gasteiger partial charge in [0, 0.05) is 6.42 Å². The summed E-state index contributed by atoms with van der Waals surface area (Å²) in [6, 6.07) is 0.